The number of anilines is 1. The number of methoxy groups -OCH3 is 1. The maximum Gasteiger partial charge on any atom is 0.340 e. The SMILES string of the molecule is COc1cc([N+](=O)[O-])ccc1NC(=O)COC(=O)c1ccc(F)cc1Cl. The molecule has 0 aromatic heterocycles. The fourth-order valence-electron chi connectivity index (χ4n) is 1.95. The van der Waals surface area contributed by atoms with Crippen LogP contribution in [0.25, 0.3) is 0 Å². The number of hydrogen-bond acceptors (Lipinski definition) is 6. The first-order valence-corrected chi connectivity index (χ1v) is 7.44. The summed E-state index contributed by atoms with van der Waals surface area (Å²) in [6, 6.07) is 6.72. The molecule has 0 aliphatic rings. The van der Waals surface area contributed by atoms with Crippen molar-refractivity contribution in [3.63, 3.8) is 0 Å². The van der Waals surface area contributed by atoms with Gasteiger partial charge in [0.05, 0.1) is 34.4 Å². The third kappa shape index (κ3) is 4.67. The Morgan fingerprint density at radius 3 is 2.62 bits per heavy atom. The zero-order valence-electron chi connectivity index (χ0n) is 13.3. The van der Waals surface area contributed by atoms with Crippen LogP contribution in [0.1, 0.15) is 10.4 Å². The standard InChI is InChI=1S/C16H12ClFN2O6/c1-25-14-7-10(20(23)24)3-5-13(14)19-15(21)8-26-16(22)11-4-2-9(18)6-12(11)17/h2-7H,8H2,1H3,(H,19,21). The van der Waals surface area contributed by atoms with Gasteiger partial charge in [0, 0.05) is 6.07 Å². The highest BCUT2D eigenvalue weighted by Crippen LogP contribution is 2.29. The largest absolute Gasteiger partial charge is 0.494 e. The number of rotatable bonds is 6. The smallest absolute Gasteiger partial charge is 0.340 e. The molecule has 0 spiro atoms. The Morgan fingerprint density at radius 2 is 2.00 bits per heavy atom. The van der Waals surface area contributed by atoms with E-state index in [1.54, 1.807) is 0 Å². The van der Waals surface area contributed by atoms with Crippen LogP contribution in [0.3, 0.4) is 0 Å². The van der Waals surface area contributed by atoms with Crippen molar-refractivity contribution in [2.24, 2.45) is 0 Å². The Hall–Kier alpha value is -3.20. The van der Waals surface area contributed by atoms with Crippen molar-refractivity contribution in [3.8, 4) is 5.75 Å². The van der Waals surface area contributed by atoms with Gasteiger partial charge in [0.1, 0.15) is 11.6 Å². The second-order valence-electron chi connectivity index (χ2n) is 4.89. The minimum Gasteiger partial charge on any atom is -0.494 e. The van der Waals surface area contributed by atoms with E-state index in [-0.39, 0.29) is 27.7 Å². The van der Waals surface area contributed by atoms with Gasteiger partial charge in [-0.3, -0.25) is 14.9 Å². The maximum absolute atomic E-state index is 13.0. The molecule has 10 heteroatoms. The summed E-state index contributed by atoms with van der Waals surface area (Å²) >= 11 is 5.74. The topological polar surface area (TPSA) is 108 Å². The number of hydrogen-bond donors (Lipinski definition) is 1. The van der Waals surface area contributed by atoms with Gasteiger partial charge in [0.25, 0.3) is 11.6 Å². The van der Waals surface area contributed by atoms with Crippen molar-refractivity contribution >= 4 is 34.9 Å². The minimum atomic E-state index is -0.902. The first-order valence-electron chi connectivity index (χ1n) is 7.06. The fourth-order valence-corrected chi connectivity index (χ4v) is 2.19. The highest BCUT2D eigenvalue weighted by atomic mass is 35.5. The number of halogens is 2. The molecule has 8 nitrogen and oxygen atoms in total. The van der Waals surface area contributed by atoms with Crippen LogP contribution in [0, 0.1) is 15.9 Å². The summed E-state index contributed by atoms with van der Waals surface area (Å²) in [5.41, 5.74) is -0.134. The third-order valence-corrected chi connectivity index (χ3v) is 3.47. The van der Waals surface area contributed by atoms with Crippen LogP contribution in [0.5, 0.6) is 5.75 Å². The molecule has 0 radical (unpaired) electrons. The Morgan fingerprint density at radius 1 is 1.27 bits per heavy atom. The Balaban J connectivity index is 2.00. The molecule has 1 N–H and O–H groups in total. The van der Waals surface area contributed by atoms with Crippen molar-refractivity contribution in [2.75, 3.05) is 19.0 Å². The van der Waals surface area contributed by atoms with E-state index in [2.05, 4.69) is 5.32 Å². The molecule has 2 rings (SSSR count). The quantitative estimate of drug-likeness (QED) is 0.467. The summed E-state index contributed by atoms with van der Waals surface area (Å²) in [4.78, 5) is 33.9. The van der Waals surface area contributed by atoms with Gasteiger partial charge < -0.3 is 14.8 Å². The number of carbonyl (C=O) groups is 2. The van der Waals surface area contributed by atoms with E-state index >= 15 is 0 Å². The molecular weight excluding hydrogens is 371 g/mol. The number of nitrogens with one attached hydrogen (secondary N) is 1. The van der Waals surface area contributed by atoms with Gasteiger partial charge in [0.15, 0.2) is 6.61 Å². The van der Waals surface area contributed by atoms with Crippen LogP contribution in [0.2, 0.25) is 5.02 Å². The van der Waals surface area contributed by atoms with Gasteiger partial charge in [-0.2, -0.15) is 0 Å². The van der Waals surface area contributed by atoms with Crippen molar-refractivity contribution < 1.29 is 28.4 Å². The lowest BCUT2D eigenvalue weighted by molar-refractivity contribution is -0.384. The summed E-state index contributed by atoms with van der Waals surface area (Å²) in [5, 5.41) is 13.0. The summed E-state index contributed by atoms with van der Waals surface area (Å²) < 4.78 is 22.8. The Bertz CT molecular complexity index is 874. The lowest BCUT2D eigenvalue weighted by Gasteiger charge is -2.10. The number of nitro groups is 1. The molecule has 2 aromatic carbocycles. The summed E-state index contributed by atoms with van der Waals surface area (Å²) in [7, 11) is 1.28. The second-order valence-corrected chi connectivity index (χ2v) is 5.30. The number of benzene rings is 2. The number of nitrogens with zero attached hydrogens (tertiary/aromatic N) is 1. The number of non-ortho nitro benzene ring substituents is 1. The molecule has 136 valence electrons. The highest BCUT2D eigenvalue weighted by molar-refractivity contribution is 6.33. The normalized spacial score (nSPS) is 10.1. The average molecular weight is 383 g/mol. The summed E-state index contributed by atoms with van der Waals surface area (Å²) in [6.07, 6.45) is 0. The molecule has 0 heterocycles. The van der Waals surface area contributed by atoms with Crippen LogP contribution in [0.15, 0.2) is 36.4 Å². The van der Waals surface area contributed by atoms with Crippen LogP contribution >= 0.6 is 11.6 Å². The lowest BCUT2D eigenvalue weighted by atomic mass is 10.2. The first-order chi connectivity index (χ1) is 12.3. The second kappa shape index (κ2) is 8.26. The molecule has 26 heavy (non-hydrogen) atoms. The van der Waals surface area contributed by atoms with Gasteiger partial charge in [-0.05, 0) is 24.3 Å². The molecule has 0 aliphatic heterocycles. The maximum atomic E-state index is 13.0. The molecule has 2 aromatic rings. The van der Waals surface area contributed by atoms with E-state index in [1.807, 2.05) is 0 Å². The van der Waals surface area contributed by atoms with E-state index in [0.717, 1.165) is 24.3 Å². The number of nitro benzene ring substituents is 1. The molecule has 0 aliphatic carbocycles. The minimum absolute atomic E-state index is 0.0699. The summed E-state index contributed by atoms with van der Waals surface area (Å²) in [5.74, 6) is -2.15. The van der Waals surface area contributed by atoms with Crippen molar-refractivity contribution in [1.29, 1.82) is 0 Å². The van der Waals surface area contributed by atoms with Gasteiger partial charge in [-0.15, -0.1) is 0 Å². The molecule has 0 unspecified atom stereocenters. The summed E-state index contributed by atoms with van der Waals surface area (Å²) in [6.45, 7) is -0.646. The van der Waals surface area contributed by atoms with Crippen LogP contribution in [-0.2, 0) is 9.53 Å². The fraction of sp³-hybridized carbons (Fsp3) is 0.125. The van der Waals surface area contributed by atoms with Crippen LogP contribution in [-0.4, -0.2) is 30.5 Å². The zero-order valence-corrected chi connectivity index (χ0v) is 14.1. The van der Waals surface area contributed by atoms with Gasteiger partial charge in [0.2, 0.25) is 0 Å². The van der Waals surface area contributed by atoms with Crippen LogP contribution < -0.4 is 10.1 Å². The van der Waals surface area contributed by atoms with E-state index in [1.165, 1.54) is 19.2 Å². The number of esters is 1. The monoisotopic (exact) mass is 382 g/mol. The highest BCUT2D eigenvalue weighted by Gasteiger charge is 2.16. The number of carbonyl (C=O) groups excluding carboxylic acids is 2. The molecular formula is C16H12ClFN2O6. The Labute approximate surface area is 151 Å². The van der Waals surface area contributed by atoms with Gasteiger partial charge in [-0.25, -0.2) is 9.18 Å². The van der Waals surface area contributed by atoms with Crippen molar-refractivity contribution in [1.82, 2.24) is 0 Å². The average Bonchev–Trinajstić information content (AvgIpc) is 2.59. The predicted octanol–water partition coefficient (Wildman–Crippen LogP) is 3.19. The number of amides is 1. The third-order valence-electron chi connectivity index (χ3n) is 3.16. The predicted molar refractivity (Wildman–Crippen MR) is 90.0 cm³/mol. The Kier molecular flexibility index (Phi) is 6.07. The lowest BCUT2D eigenvalue weighted by Crippen LogP contribution is -2.21. The van der Waals surface area contributed by atoms with Gasteiger partial charge in [-0.1, -0.05) is 11.6 Å². The van der Waals surface area contributed by atoms with Crippen LogP contribution in [0.4, 0.5) is 15.8 Å². The molecule has 0 saturated heterocycles. The van der Waals surface area contributed by atoms with E-state index in [4.69, 9.17) is 21.1 Å². The molecule has 0 bridgehead atoms. The molecule has 0 fully saturated rings. The van der Waals surface area contributed by atoms with Crippen molar-refractivity contribution in [3.05, 3.63) is 62.9 Å². The number of ether oxygens (including phenoxy) is 2. The zero-order chi connectivity index (χ0) is 19.3. The van der Waals surface area contributed by atoms with Crippen molar-refractivity contribution in [2.45, 2.75) is 0 Å². The van der Waals surface area contributed by atoms with E-state index in [9.17, 15) is 24.1 Å². The van der Waals surface area contributed by atoms with Gasteiger partial charge >= 0.3 is 5.97 Å². The molecule has 0 atom stereocenters. The first kappa shape index (κ1) is 19.1. The van der Waals surface area contributed by atoms with E-state index < -0.39 is 29.2 Å². The molecule has 0 saturated carbocycles. The van der Waals surface area contributed by atoms with E-state index in [0.29, 0.717) is 0 Å². The molecule has 1 amide bonds.